The second kappa shape index (κ2) is 16.2. The van der Waals surface area contributed by atoms with E-state index in [-0.39, 0.29) is 0 Å². The number of pyridine rings is 4. The summed E-state index contributed by atoms with van der Waals surface area (Å²) in [7, 11) is 0. The molecule has 6 rings (SSSR count). The maximum absolute atomic E-state index is 4.42. The van der Waals surface area contributed by atoms with E-state index in [0.29, 0.717) is 0 Å². The van der Waals surface area contributed by atoms with Gasteiger partial charge in [0.1, 0.15) is 0 Å². The van der Waals surface area contributed by atoms with Gasteiger partial charge < -0.3 is 0 Å². The van der Waals surface area contributed by atoms with Crippen LogP contribution in [0.3, 0.4) is 0 Å². The van der Waals surface area contributed by atoms with E-state index in [1.54, 1.807) is 49.6 Å². The monoisotopic (exact) mass is 572 g/mol. The van der Waals surface area contributed by atoms with Crippen LogP contribution in [0.2, 0.25) is 0 Å². The van der Waals surface area contributed by atoms with E-state index in [0.717, 1.165) is 45.0 Å². The zero-order valence-corrected chi connectivity index (χ0v) is 23.7. The quantitative estimate of drug-likeness (QED) is 0.173. The average Bonchev–Trinajstić information content (AvgIpc) is 3.11. The highest BCUT2D eigenvalue weighted by molar-refractivity contribution is 5.84. The lowest BCUT2D eigenvalue weighted by atomic mass is 10.2. The van der Waals surface area contributed by atoms with E-state index >= 15 is 0 Å². The Bertz CT molecular complexity index is 1530. The van der Waals surface area contributed by atoms with Crippen molar-refractivity contribution < 1.29 is 0 Å². The molecule has 8 heteroatoms. The van der Waals surface area contributed by atoms with Gasteiger partial charge in [0, 0.05) is 74.4 Å². The summed E-state index contributed by atoms with van der Waals surface area (Å²) in [6, 6.07) is 30.8. The number of hydrogen-bond acceptors (Lipinski definition) is 8. The van der Waals surface area contributed by atoms with Crippen molar-refractivity contribution in [2.24, 2.45) is 20.0 Å². The van der Waals surface area contributed by atoms with Gasteiger partial charge in [-0.1, -0.05) is 0 Å². The third kappa shape index (κ3) is 9.97. The SMILES string of the molecule is C(=Nc1ccc(N=Cc2ccncc2)cc1)c1ccncc1.C(=Nc1ccc(N=Cc2ccncc2)cc1)c1ccncc1. The zero-order valence-electron chi connectivity index (χ0n) is 23.7. The molecule has 2 aromatic carbocycles. The van der Waals surface area contributed by atoms with Crippen LogP contribution in [0.4, 0.5) is 22.7 Å². The van der Waals surface area contributed by atoms with Crippen LogP contribution in [-0.4, -0.2) is 44.8 Å². The number of hydrogen-bond donors (Lipinski definition) is 0. The summed E-state index contributed by atoms with van der Waals surface area (Å²) < 4.78 is 0. The molecule has 0 spiro atoms. The Balaban J connectivity index is 0.000000175. The Morgan fingerprint density at radius 3 is 0.636 bits per heavy atom. The minimum atomic E-state index is 0.889. The maximum Gasteiger partial charge on any atom is 0.0631 e. The van der Waals surface area contributed by atoms with Crippen molar-refractivity contribution in [3.05, 3.63) is 169 Å². The van der Waals surface area contributed by atoms with Crippen LogP contribution in [-0.2, 0) is 0 Å². The second-order valence-electron chi connectivity index (χ2n) is 9.19. The highest BCUT2D eigenvalue weighted by Gasteiger charge is 1.93. The highest BCUT2D eigenvalue weighted by atomic mass is 14.7. The molecule has 0 N–H and O–H groups in total. The van der Waals surface area contributed by atoms with Crippen LogP contribution in [0, 0.1) is 0 Å². The third-order valence-electron chi connectivity index (χ3n) is 5.97. The van der Waals surface area contributed by atoms with Crippen molar-refractivity contribution >= 4 is 47.6 Å². The summed E-state index contributed by atoms with van der Waals surface area (Å²) in [6.07, 6.45) is 21.3. The minimum Gasteiger partial charge on any atom is -0.265 e. The van der Waals surface area contributed by atoms with Gasteiger partial charge in [-0.05, 0) is 119 Å². The van der Waals surface area contributed by atoms with Crippen molar-refractivity contribution in [3.8, 4) is 0 Å². The normalized spacial score (nSPS) is 11.3. The molecule has 0 atom stereocenters. The summed E-state index contributed by atoms with van der Waals surface area (Å²) >= 11 is 0. The first-order chi connectivity index (χ1) is 21.8. The van der Waals surface area contributed by atoms with Crippen LogP contribution in [0.5, 0.6) is 0 Å². The first kappa shape index (κ1) is 29.2. The Hall–Kier alpha value is -6.28. The van der Waals surface area contributed by atoms with Gasteiger partial charge in [-0.25, -0.2) is 0 Å². The molecule has 0 aliphatic heterocycles. The molecule has 0 aliphatic rings. The molecule has 0 amide bonds. The molecular weight excluding hydrogens is 544 g/mol. The molecule has 0 fully saturated rings. The van der Waals surface area contributed by atoms with Crippen LogP contribution in [0.25, 0.3) is 0 Å². The average molecular weight is 573 g/mol. The van der Waals surface area contributed by atoms with Gasteiger partial charge in [-0.15, -0.1) is 0 Å². The van der Waals surface area contributed by atoms with E-state index in [2.05, 4.69) is 39.9 Å². The molecule has 0 bridgehead atoms. The lowest BCUT2D eigenvalue weighted by Gasteiger charge is -1.96. The van der Waals surface area contributed by atoms with Crippen LogP contribution in [0.15, 0.2) is 167 Å². The minimum absolute atomic E-state index is 0.889. The molecule has 0 saturated heterocycles. The Morgan fingerprint density at radius 1 is 0.273 bits per heavy atom. The molecule has 44 heavy (non-hydrogen) atoms. The summed E-state index contributed by atoms with van der Waals surface area (Å²) in [4.78, 5) is 33.6. The van der Waals surface area contributed by atoms with E-state index < -0.39 is 0 Å². The molecule has 8 nitrogen and oxygen atoms in total. The summed E-state index contributed by atoms with van der Waals surface area (Å²) in [5.74, 6) is 0. The van der Waals surface area contributed by atoms with Crippen LogP contribution in [0.1, 0.15) is 22.3 Å². The van der Waals surface area contributed by atoms with E-state index in [9.17, 15) is 0 Å². The fourth-order valence-corrected chi connectivity index (χ4v) is 3.64. The van der Waals surface area contributed by atoms with E-state index in [4.69, 9.17) is 0 Å². The first-order valence-electron chi connectivity index (χ1n) is 13.8. The number of benzene rings is 2. The van der Waals surface area contributed by atoms with E-state index in [1.165, 1.54) is 0 Å². The van der Waals surface area contributed by atoms with Gasteiger partial charge in [0.2, 0.25) is 0 Å². The molecular formula is C36H28N8. The first-order valence-corrected chi connectivity index (χ1v) is 13.8. The molecule has 0 radical (unpaired) electrons. The lowest BCUT2D eigenvalue weighted by molar-refractivity contribution is 1.32. The molecule has 4 aromatic heterocycles. The largest absolute Gasteiger partial charge is 0.265 e. The molecule has 0 aliphatic carbocycles. The molecule has 6 aromatic rings. The second-order valence-corrected chi connectivity index (χ2v) is 9.19. The topological polar surface area (TPSA) is 101 Å². The van der Waals surface area contributed by atoms with Crippen molar-refractivity contribution in [3.63, 3.8) is 0 Å². The van der Waals surface area contributed by atoms with Crippen molar-refractivity contribution in [2.75, 3.05) is 0 Å². The van der Waals surface area contributed by atoms with Gasteiger partial charge in [0.05, 0.1) is 22.7 Å². The smallest absolute Gasteiger partial charge is 0.0631 e. The Labute approximate surface area is 256 Å². The Kier molecular flexibility index (Phi) is 10.8. The summed E-state index contributed by atoms with van der Waals surface area (Å²) in [6.45, 7) is 0. The van der Waals surface area contributed by atoms with Gasteiger partial charge in [0.15, 0.2) is 0 Å². The lowest BCUT2D eigenvalue weighted by Crippen LogP contribution is -1.80. The number of aromatic nitrogens is 4. The summed E-state index contributed by atoms with van der Waals surface area (Å²) in [5, 5.41) is 0. The third-order valence-corrected chi connectivity index (χ3v) is 5.97. The molecule has 4 heterocycles. The number of rotatable bonds is 8. The molecule has 212 valence electrons. The van der Waals surface area contributed by atoms with Gasteiger partial charge in [-0.2, -0.15) is 0 Å². The van der Waals surface area contributed by atoms with Crippen LogP contribution < -0.4 is 0 Å². The summed E-state index contributed by atoms with van der Waals surface area (Å²) in [5.41, 5.74) is 7.65. The van der Waals surface area contributed by atoms with Crippen molar-refractivity contribution in [1.82, 2.24) is 19.9 Å². The highest BCUT2D eigenvalue weighted by Crippen LogP contribution is 2.19. The molecule has 0 saturated carbocycles. The molecule has 0 unspecified atom stereocenters. The fourth-order valence-electron chi connectivity index (χ4n) is 3.64. The van der Waals surface area contributed by atoms with Crippen molar-refractivity contribution in [2.45, 2.75) is 0 Å². The van der Waals surface area contributed by atoms with Crippen molar-refractivity contribution in [1.29, 1.82) is 0 Å². The predicted molar refractivity (Wildman–Crippen MR) is 179 cm³/mol. The Morgan fingerprint density at radius 2 is 0.455 bits per heavy atom. The fraction of sp³-hybridized carbons (Fsp3) is 0. The van der Waals surface area contributed by atoms with E-state index in [1.807, 2.05) is 122 Å². The zero-order chi connectivity index (χ0) is 30.1. The van der Waals surface area contributed by atoms with Gasteiger partial charge in [-0.3, -0.25) is 39.9 Å². The number of aliphatic imine (C=N–C) groups is 4. The van der Waals surface area contributed by atoms with Crippen LogP contribution >= 0.6 is 0 Å². The predicted octanol–water partition coefficient (Wildman–Crippen LogP) is 7.96. The standard InChI is InChI=1S/2C18H14N4/c2*1-2-18(22-14-16-7-11-20-12-8-16)4-3-17(1)21-13-15-5-9-19-10-6-15/h2*1-14H. The number of nitrogens with zero attached hydrogens (tertiary/aromatic N) is 8. The van der Waals surface area contributed by atoms with Gasteiger partial charge in [0.25, 0.3) is 0 Å². The maximum atomic E-state index is 4.42. The van der Waals surface area contributed by atoms with Gasteiger partial charge >= 0.3 is 0 Å².